The molecule has 0 bridgehead atoms. The van der Waals surface area contributed by atoms with Crippen molar-refractivity contribution in [3.63, 3.8) is 0 Å². The predicted molar refractivity (Wildman–Crippen MR) is 72.5 cm³/mol. The van der Waals surface area contributed by atoms with Gasteiger partial charge in [-0.05, 0) is 44.5 Å². The Labute approximate surface area is 112 Å². The summed E-state index contributed by atoms with van der Waals surface area (Å²) in [6.07, 6.45) is 2.30. The van der Waals surface area contributed by atoms with Crippen molar-refractivity contribution in [3.05, 3.63) is 36.3 Å². The van der Waals surface area contributed by atoms with Gasteiger partial charge >= 0.3 is 5.97 Å². The number of hydrogen-bond donors (Lipinski definition) is 0. The number of rotatable bonds is 4. The molecule has 0 amide bonds. The van der Waals surface area contributed by atoms with Crippen molar-refractivity contribution in [1.29, 1.82) is 0 Å². The standard InChI is InChI=1S/C15H18FNO2/c1-4-13(15(18)19-10(2)3)17-8-7-11-9-12(16)5-6-14(11)17/h5-10,13H,4H2,1-3H3. The average molecular weight is 263 g/mol. The number of nitrogens with zero attached hydrogens (tertiary/aromatic N) is 1. The van der Waals surface area contributed by atoms with Crippen molar-refractivity contribution in [1.82, 2.24) is 4.57 Å². The van der Waals surface area contributed by atoms with E-state index in [0.717, 1.165) is 10.9 Å². The van der Waals surface area contributed by atoms with Gasteiger partial charge in [-0.2, -0.15) is 0 Å². The second kappa shape index (κ2) is 5.43. The summed E-state index contributed by atoms with van der Waals surface area (Å²) >= 11 is 0. The molecule has 4 heteroatoms. The molecule has 0 saturated heterocycles. The molecule has 1 aromatic carbocycles. The van der Waals surface area contributed by atoms with Gasteiger partial charge < -0.3 is 9.30 Å². The van der Waals surface area contributed by atoms with Crippen LogP contribution in [0.25, 0.3) is 10.9 Å². The molecular formula is C15H18FNO2. The third-order valence-electron chi connectivity index (χ3n) is 3.03. The lowest BCUT2D eigenvalue weighted by atomic mass is 10.2. The average Bonchev–Trinajstić information content (AvgIpc) is 2.72. The number of carbonyl (C=O) groups excluding carboxylic acids is 1. The van der Waals surface area contributed by atoms with Gasteiger partial charge in [0.15, 0.2) is 0 Å². The molecule has 0 aliphatic rings. The minimum absolute atomic E-state index is 0.138. The van der Waals surface area contributed by atoms with Gasteiger partial charge in [-0.1, -0.05) is 6.92 Å². The Bertz CT molecular complexity index is 589. The van der Waals surface area contributed by atoms with Gasteiger partial charge in [0.2, 0.25) is 0 Å². The number of aromatic nitrogens is 1. The Morgan fingerprint density at radius 2 is 2.11 bits per heavy atom. The maximum absolute atomic E-state index is 13.2. The van der Waals surface area contributed by atoms with E-state index >= 15 is 0 Å². The lowest BCUT2D eigenvalue weighted by molar-refractivity contribution is -0.151. The molecule has 1 heterocycles. The summed E-state index contributed by atoms with van der Waals surface area (Å²) in [7, 11) is 0. The van der Waals surface area contributed by atoms with E-state index in [1.54, 1.807) is 12.3 Å². The van der Waals surface area contributed by atoms with E-state index in [1.165, 1.54) is 12.1 Å². The zero-order valence-electron chi connectivity index (χ0n) is 11.4. The molecule has 3 nitrogen and oxygen atoms in total. The van der Waals surface area contributed by atoms with E-state index in [4.69, 9.17) is 4.74 Å². The summed E-state index contributed by atoms with van der Waals surface area (Å²) in [5.74, 6) is -0.526. The summed E-state index contributed by atoms with van der Waals surface area (Å²) in [5.41, 5.74) is 0.842. The highest BCUT2D eigenvalue weighted by molar-refractivity contribution is 5.83. The maximum Gasteiger partial charge on any atom is 0.329 e. The van der Waals surface area contributed by atoms with Crippen molar-refractivity contribution in [2.45, 2.75) is 39.3 Å². The van der Waals surface area contributed by atoms with Crippen LogP contribution in [-0.4, -0.2) is 16.6 Å². The Hall–Kier alpha value is -1.84. The van der Waals surface area contributed by atoms with E-state index in [0.29, 0.717) is 6.42 Å². The van der Waals surface area contributed by atoms with Gasteiger partial charge in [0, 0.05) is 17.1 Å². The largest absolute Gasteiger partial charge is 0.461 e. The third kappa shape index (κ3) is 2.78. The lowest BCUT2D eigenvalue weighted by Crippen LogP contribution is -2.23. The second-order valence-electron chi connectivity index (χ2n) is 4.84. The molecule has 1 aromatic heterocycles. The second-order valence-corrected chi connectivity index (χ2v) is 4.84. The van der Waals surface area contributed by atoms with Gasteiger partial charge in [0.05, 0.1) is 6.10 Å². The molecule has 0 saturated carbocycles. The maximum atomic E-state index is 13.2. The van der Waals surface area contributed by atoms with E-state index in [1.807, 2.05) is 31.4 Å². The molecule has 0 aliphatic carbocycles. The van der Waals surface area contributed by atoms with Crippen LogP contribution in [0.15, 0.2) is 30.5 Å². The molecule has 0 aliphatic heterocycles. The summed E-state index contributed by atoms with van der Waals surface area (Å²) < 4.78 is 20.3. The first kappa shape index (κ1) is 13.6. The fraction of sp³-hybridized carbons (Fsp3) is 0.400. The van der Waals surface area contributed by atoms with Crippen molar-refractivity contribution >= 4 is 16.9 Å². The summed E-state index contributed by atoms with van der Waals surface area (Å²) in [6.45, 7) is 5.59. The number of halogens is 1. The molecule has 1 atom stereocenters. The molecule has 19 heavy (non-hydrogen) atoms. The van der Waals surface area contributed by atoms with Gasteiger partial charge in [-0.15, -0.1) is 0 Å². The minimum Gasteiger partial charge on any atom is -0.461 e. The van der Waals surface area contributed by atoms with Crippen molar-refractivity contribution in [3.8, 4) is 0 Å². The molecule has 0 radical (unpaired) electrons. The van der Waals surface area contributed by atoms with E-state index in [9.17, 15) is 9.18 Å². The monoisotopic (exact) mass is 263 g/mol. The quantitative estimate of drug-likeness (QED) is 0.788. The minimum atomic E-state index is -0.370. The smallest absolute Gasteiger partial charge is 0.329 e. The molecule has 2 aromatic rings. The topological polar surface area (TPSA) is 31.2 Å². The predicted octanol–water partition coefficient (Wildman–Crippen LogP) is 3.68. The van der Waals surface area contributed by atoms with Crippen LogP contribution >= 0.6 is 0 Å². The van der Waals surface area contributed by atoms with Crippen molar-refractivity contribution in [2.75, 3.05) is 0 Å². The molecule has 102 valence electrons. The fourth-order valence-corrected chi connectivity index (χ4v) is 2.19. The zero-order chi connectivity index (χ0) is 14.0. The van der Waals surface area contributed by atoms with Gasteiger partial charge in [-0.25, -0.2) is 9.18 Å². The van der Waals surface area contributed by atoms with Crippen LogP contribution in [-0.2, 0) is 9.53 Å². The first-order valence-electron chi connectivity index (χ1n) is 6.49. The van der Waals surface area contributed by atoms with Crippen molar-refractivity contribution < 1.29 is 13.9 Å². The van der Waals surface area contributed by atoms with Gasteiger partial charge in [0.1, 0.15) is 11.9 Å². The number of carbonyl (C=O) groups is 1. The van der Waals surface area contributed by atoms with Gasteiger partial charge in [-0.3, -0.25) is 0 Å². The molecule has 0 spiro atoms. The zero-order valence-corrected chi connectivity index (χ0v) is 11.4. The number of esters is 1. The number of ether oxygens (including phenoxy) is 1. The van der Waals surface area contributed by atoms with E-state index in [-0.39, 0.29) is 23.9 Å². The number of benzene rings is 1. The number of fused-ring (bicyclic) bond motifs is 1. The SMILES string of the molecule is CCC(C(=O)OC(C)C)n1ccc2cc(F)ccc21. The van der Waals surface area contributed by atoms with Crippen LogP contribution in [0.4, 0.5) is 4.39 Å². The van der Waals surface area contributed by atoms with Crippen LogP contribution in [0, 0.1) is 5.82 Å². The highest BCUT2D eigenvalue weighted by Crippen LogP contribution is 2.24. The van der Waals surface area contributed by atoms with E-state index < -0.39 is 0 Å². The highest BCUT2D eigenvalue weighted by atomic mass is 19.1. The molecule has 0 fully saturated rings. The molecule has 2 rings (SSSR count). The summed E-state index contributed by atoms with van der Waals surface area (Å²) in [4.78, 5) is 12.1. The van der Waals surface area contributed by atoms with Gasteiger partial charge in [0.25, 0.3) is 0 Å². The Morgan fingerprint density at radius 1 is 1.37 bits per heavy atom. The fourth-order valence-electron chi connectivity index (χ4n) is 2.19. The highest BCUT2D eigenvalue weighted by Gasteiger charge is 2.22. The normalized spacial score (nSPS) is 12.9. The summed E-state index contributed by atoms with van der Waals surface area (Å²) in [5, 5.41) is 0.788. The first-order chi connectivity index (χ1) is 9.02. The Morgan fingerprint density at radius 3 is 2.74 bits per heavy atom. The first-order valence-corrected chi connectivity index (χ1v) is 6.49. The van der Waals surface area contributed by atoms with Crippen LogP contribution < -0.4 is 0 Å². The Kier molecular flexibility index (Phi) is 3.88. The molecule has 1 unspecified atom stereocenters. The van der Waals surface area contributed by atoms with Crippen LogP contribution in [0.5, 0.6) is 0 Å². The van der Waals surface area contributed by atoms with Crippen molar-refractivity contribution in [2.24, 2.45) is 0 Å². The molecule has 0 N–H and O–H groups in total. The van der Waals surface area contributed by atoms with Crippen LogP contribution in [0.2, 0.25) is 0 Å². The number of hydrogen-bond acceptors (Lipinski definition) is 2. The lowest BCUT2D eigenvalue weighted by Gasteiger charge is -2.19. The van der Waals surface area contributed by atoms with Crippen LogP contribution in [0.1, 0.15) is 33.2 Å². The summed E-state index contributed by atoms with van der Waals surface area (Å²) in [6, 6.07) is 6.00. The van der Waals surface area contributed by atoms with E-state index in [2.05, 4.69) is 0 Å². The van der Waals surface area contributed by atoms with Crippen LogP contribution in [0.3, 0.4) is 0 Å². The molecular weight excluding hydrogens is 245 g/mol. The third-order valence-corrected chi connectivity index (χ3v) is 3.03. The Balaban J connectivity index is 2.38.